The van der Waals surface area contributed by atoms with Crippen molar-refractivity contribution in [2.24, 2.45) is 5.73 Å². The summed E-state index contributed by atoms with van der Waals surface area (Å²) in [4.78, 5) is 15.2. The SMILES string of the molecule is NC(=O)Cc1cnc(Cl)cc1NCc1ccc2ccccc2c1. The summed E-state index contributed by atoms with van der Waals surface area (Å²) in [5, 5.41) is 6.08. The first kappa shape index (κ1) is 15.3. The summed E-state index contributed by atoms with van der Waals surface area (Å²) >= 11 is 5.95. The first-order valence-electron chi connectivity index (χ1n) is 7.26. The Kier molecular flexibility index (Phi) is 4.44. The molecule has 1 heterocycles. The zero-order chi connectivity index (χ0) is 16.2. The minimum atomic E-state index is -0.400. The van der Waals surface area contributed by atoms with Crippen molar-refractivity contribution in [3.05, 3.63) is 71.0 Å². The van der Waals surface area contributed by atoms with E-state index in [9.17, 15) is 4.79 Å². The highest BCUT2D eigenvalue weighted by molar-refractivity contribution is 6.29. The molecule has 0 saturated heterocycles. The third-order valence-electron chi connectivity index (χ3n) is 3.61. The molecule has 0 saturated carbocycles. The summed E-state index contributed by atoms with van der Waals surface area (Å²) < 4.78 is 0. The van der Waals surface area contributed by atoms with Crippen LogP contribution < -0.4 is 11.1 Å². The van der Waals surface area contributed by atoms with Gasteiger partial charge in [0.25, 0.3) is 0 Å². The van der Waals surface area contributed by atoms with Crippen molar-refractivity contribution in [1.82, 2.24) is 4.98 Å². The molecule has 116 valence electrons. The zero-order valence-corrected chi connectivity index (χ0v) is 13.2. The Balaban J connectivity index is 1.81. The molecule has 5 heteroatoms. The van der Waals surface area contributed by atoms with E-state index in [4.69, 9.17) is 17.3 Å². The van der Waals surface area contributed by atoms with E-state index in [0.717, 1.165) is 16.8 Å². The molecule has 0 fully saturated rings. The lowest BCUT2D eigenvalue weighted by Crippen LogP contribution is -2.15. The molecule has 0 aliphatic rings. The highest BCUT2D eigenvalue weighted by atomic mass is 35.5. The molecule has 23 heavy (non-hydrogen) atoms. The van der Waals surface area contributed by atoms with Crippen LogP contribution in [0.1, 0.15) is 11.1 Å². The number of rotatable bonds is 5. The maximum absolute atomic E-state index is 11.2. The van der Waals surface area contributed by atoms with Gasteiger partial charge in [0, 0.05) is 24.0 Å². The van der Waals surface area contributed by atoms with Crippen molar-refractivity contribution in [3.63, 3.8) is 0 Å². The van der Waals surface area contributed by atoms with Gasteiger partial charge in [-0.05, 0) is 28.5 Å². The highest BCUT2D eigenvalue weighted by Crippen LogP contribution is 2.21. The number of halogens is 1. The molecule has 3 aromatic rings. The largest absolute Gasteiger partial charge is 0.381 e. The second-order valence-electron chi connectivity index (χ2n) is 5.34. The van der Waals surface area contributed by atoms with Gasteiger partial charge in [0.1, 0.15) is 5.15 Å². The van der Waals surface area contributed by atoms with E-state index in [2.05, 4.69) is 40.6 Å². The number of hydrogen-bond acceptors (Lipinski definition) is 3. The molecule has 0 aliphatic carbocycles. The third kappa shape index (κ3) is 3.79. The molecule has 3 rings (SSSR count). The average Bonchev–Trinajstić information content (AvgIpc) is 2.54. The number of hydrogen-bond donors (Lipinski definition) is 2. The molecule has 0 atom stereocenters. The summed E-state index contributed by atoms with van der Waals surface area (Å²) in [7, 11) is 0. The van der Waals surface area contributed by atoms with Gasteiger partial charge in [0.15, 0.2) is 0 Å². The van der Waals surface area contributed by atoms with Crippen LogP contribution in [0.3, 0.4) is 0 Å². The third-order valence-corrected chi connectivity index (χ3v) is 3.82. The van der Waals surface area contributed by atoms with Crippen LogP contribution in [-0.2, 0) is 17.8 Å². The maximum Gasteiger partial charge on any atom is 0.221 e. The van der Waals surface area contributed by atoms with Crippen molar-refractivity contribution in [3.8, 4) is 0 Å². The Morgan fingerprint density at radius 1 is 1.13 bits per heavy atom. The van der Waals surface area contributed by atoms with Crippen LogP contribution in [0.25, 0.3) is 10.8 Å². The molecule has 0 bridgehead atoms. The van der Waals surface area contributed by atoms with E-state index in [1.165, 1.54) is 10.8 Å². The molecule has 0 radical (unpaired) electrons. The van der Waals surface area contributed by atoms with Crippen molar-refractivity contribution in [2.45, 2.75) is 13.0 Å². The standard InChI is InChI=1S/C18H16ClN3O/c19-17-9-16(15(11-22-17)8-18(20)23)21-10-12-5-6-13-3-1-2-4-14(13)7-12/h1-7,9,11H,8,10H2,(H2,20,23)(H,21,22). The average molecular weight is 326 g/mol. The predicted molar refractivity (Wildman–Crippen MR) is 93.4 cm³/mol. The van der Waals surface area contributed by atoms with Gasteiger partial charge in [0.05, 0.1) is 6.42 Å². The normalized spacial score (nSPS) is 10.7. The number of carbonyl (C=O) groups excluding carboxylic acids is 1. The zero-order valence-electron chi connectivity index (χ0n) is 12.4. The van der Waals surface area contributed by atoms with Gasteiger partial charge in [-0.3, -0.25) is 4.79 Å². The Morgan fingerprint density at radius 3 is 2.70 bits per heavy atom. The summed E-state index contributed by atoms with van der Waals surface area (Å²) in [6.45, 7) is 0.622. The van der Waals surface area contributed by atoms with E-state index < -0.39 is 5.91 Å². The number of primary amides is 1. The molecular formula is C18H16ClN3O. The second-order valence-corrected chi connectivity index (χ2v) is 5.73. The number of benzene rings is 2. The molecule has 0 aliphatic heterocycles. The van der Waals surface area contributed by atoms with Gasteiger partial charge in [0.2, 0.25) is 5.91 Å². The van der Waals surface area contributed by atoms with Crippen LogP contribution in [0.4, 0.5) is 5.69 Å². The smallest absolute Gasteiger partial charge is 0.221 e. The lowest BCUT2D eigenvalue weighted by atomic mass is 10.1. The number of nitrogens with zero attached hydrogens (tertiary/aromatic N) is 1. The summed E-state index contributed by atoms with van der Waals surface area (Å²) in [6, 6.07) is 16.2. The molecule has 2 aromatic carbocycles. The predicted octanol–water partition coefficient (Wildman–Crippen LogP) is 3.53. The van der Waals surface area contributed by atoms with E-state index in [-0.39, 0.29) is 6.42 Å². The number of nitrogens with one attached hydrogen (secondary N) is 1. The van der Waals surface area contributed by atoms with Crippen molar-refractivity contribution in [1.29, 1.82) is 0 Å². The number of anilines is 1. The van der Waals surface area contributed by atoms with Crippen LogP contribution in [0.15, 0.2) is 54.7 Å². The molecule has 4 nitrogen and oxygen atoms in total. The number of pyridine rings is 1. The summed E-state index contributed by atoms with van der Waals surface area (Å²) in [5.74, 6) is -0.400. The molecule has 0 unspecified atom stereocenters. The Labute approximate surface area is 139 Å². The Hall–Kier alpha value is -2.59. The first-order valence-corrected chi connectivity index (χ1v) is 7.64. The maximum atomic E-state index is 11.2. The van der Waals surface area contributed by atoms with Gasteiger partial charge in [-0.1, -0.05) is 48.0 Å². The second kappa shape index (κ2) is 6.67. The molecule has 3 N–H and O–H groups in total. The monoisotopic (exact) mass is 325 g/mol. The van der Waals surface area contributed by atoms with E-state index >= 15 is 0 Å². The number of amides is 1. The Bertz CT molecular complexity index is 864. The summed E-state index contributed by atoms with van der Waals surface area (Å²) in [6.07, 6.45) is 1.71. The topological polar surface area (TPSA) is 68.0 Å². The minimum absolute atomic E-state index is 0.129. The molecule has 1 aromatic heterocycles. The van der Waals surface area contributed by atoms with Gasteiger partial charge in [-0.15, -0.1) is 0 Å². The van der Waals surface area contributed by atoms with E-state index in [0.29, 0.717) is 11.7 Å². The fourth-order valence-electron chi connectivity index (χ4n) is 2.50. The fourth-order valence-corrected chi connectivity index (χ4v) is 2.66. The van der Waals surface area contributed by atoms with Gasteiger partial charge in [-0.25, -0.2) is 4.98 Å². The van der Waals surface area contributed by atoms with Crippen molar-refractivity contribution in [2.75, 3.05) is 5.32 Å². The number of nitrogens with two attached hydrogens (primary N) is 1. The van der Waals surface area contributed by atoms with Crippen LogP contribution >= 0.6 is 11.6 Å². The lowest BCUT2D eigenvalue weighted by Gasteiger charge is -2.12. The number of carbonyl (C=O) groups is 1. The van der Waals surface area contributed by atoms with Crippen LogP contribution in [-0.4, -0.2) is 10.9 Å². The molecular weight excluding hydrogens is 310 g/mol. The number of aromatic nitrogens is 1. The minimum Gasteiger partial charge on any atom is -0.381 e. The van der Waals surface area contributed by atoms with Crippen molar-refractivity contribution >= 4 is 34.0 Å². The van der Waals surface area contributed by atoms with Crippen molar-refractivity contribution < 1.29 is 4.79 Å². The van der Waals surface area contributed by atoms with Crippen LogP contribution in [0.5, 0.6) is 0 Å². The van der Waals surface area contributed by atoms with Gasteiger partial charge in [-0.2, -0.15) is 0 Å². The van der Waals surface area contributed by atoms with E-state index in [1.54, 1.807) is 12.3 Å². The first-order chi connectivity index (χ1) is 11.1. The number of fused-ring (bicyclic) bond motifs is 1. The molecule has 1 amide bonds. The van der Waals surface area contributed by atoms with Crippen LogP contribution in [0, 0.1) is 0 Å². The quantitative estimate of drug-likeness (QED) is 0.705. The van der Waals surface area contributed by atoms with E-state index in [1.807, 2.05) is 12.1 Å². The van der Waals surface area contributed by atoms with Gasteiger partial charge < -0.3 is 11.1 Å². The molecule has 0 spiro atoms. The fraction of sp³-hybridized carbons (Fsp3) is 0.111. The van der Waals surface area contributed by atoms with Crippen LogP contribution in [0.2, 0.25) is 5.15 Å². The summed E-state index contributed by atoms with van der Waals surface area (Å²) in [5.41, 5.74) is 7.93. The van der Waals surface area contributed by atoms with Gasteiger partial charge >= 0.3 is 0 Å². The lowest BCUT2D eigenvalue weighted by molar-refractivity contribution is -0.117. The highest BCUT2D eigenvalue weighted by Gasteiger charge is 2.07. The Morgan fingerprint density at radius 2 is 1.91 bits per heavy atom.